The smallest absolute Gasteiger partial charge is 0.220 e. The van der Waals surface area contributed by atoms with Gasteiger partial charge < -0.3 is 15.4 Å². The van der Waals surface area contributed by atoms with Crippen LogP contribution in [0, 0.1) is 17.8 Å². The van der Waals surface area contributed by atoms with Gasteiger partial charge in [0.05, 0.1) is 7.11 Å². The van der Waals surface area contributed by atoms with Crippen LogP contribution in [-0.2, 0) is 11.2 Å². The maximum atomic E-state index is 12.6. The van der Waals surface area contributed by atoms with Gasteiger partial charge in [-0.15, -0.1) is 12.4 Å². The van der Waals surface area contributed by atoms with Gasteiger partial charge in [0.2, 0.25) is 5.91 Å². The summed E-state index contributed by atoms with van der Waals surface area (Å²) in [6.07, 6.45) is 3.86. The molecule has 148 valence electrons. The average molecular weight is 383 g/mol. The number of amides is 1. The molecular weight excluding hydrogens is 348 g/mol. The Morgan fingerprint density at radius 1 is 1.31 bits per heavy atom. The summed E-state index contributed by atoms with van der Waals surface area (Å²) < 4.78 is 5.46. The molecule has 0 spiro atoms. The first-order chi connectivity index (χ1) is 12.0. The molecule has 5 heteroatoms. The molecule has 1 amide bonds. The fraction of sp³-hybridized carbons (Fsp3) is 0.667. The maximum Gasteiger partial charge on any atom is 0.220 e. The number of hydrogen-bond donors (Lipinski definition) is 2. The predicted octanol–water partition coefficient (Wildman–Crippen LogP) is 3.83. The molecule has 1 aliphatic rings. The minimum atomic E-state index is 0. The van der Waals surface area contributed by atoms with Crippen LogP contribution in [0.4, 0.5) is 0 Å². The molecular formula is C21H35ClN2O2. The van der Waals surface area contributed by atoms with Crippen LogP contribution >= 0.6 is 12.4 Å². The number of methoxy groups -OCH3 is 1. The van der Waals surface area contributed by atoms with E-state index in [1.165, 1.54) is 12.8 Å². The van der Waals surface area contributed by atoms with Gasteiger partial charge in [-0.2, -0.15) is 0 Å². The van der Waals surface area contributed by atoms with Gasteiger partial charge in [0.15, 0.2) is 0 Å². The molecule has 1 fully saturated rings. The number of nitrogens with one attached hydrogen (secondary N) is 2. The molecule has 0 radical (unpaired) electrons. The Bertz CT molecular complexity index is 545. The van der Waals surface area contributed by atoms with Crippen molar-refractivity contribution < 1.29 is 9.53 Å². The Morgan fingerprint density at radius 3 is 2.65 bits per heavy atom. The van der Waals surface area contributed by atoms with E-state index in [0.717, 1.165) is 30.8 Å². The Balaban J connectivity index is 0.00000338. The zero-order chi connectivity index (χ0) is 18.2. The molecule has 26 heavy (non-hydrogen) atoms. The van der Waals surface area contributed by atoms with Crippen LogP contribution in [0.1, 0.15) is 45.6 Å². The second-order valence-electron chi connectivity index (χ2n) is 7.72. The van der Waals surface area contributed by atoms with Gasteiger partial charge in [-0.05, 0) is 61.7 Å². The number of hydrogen-bond acceptors (Lipinski definition) is 3. The molecule has 1 heterocycles. The highest BCUT2D eigenvalue weighted by Gasteiger charge is 2.24. The summed E-state index contributed by atoms with van der Waals surface area (Å²) in [7, 11) is 1.70. The molecule has 1 saturated heterocycles. The van der Waals surface area contributed by atoms with E-state index in [-0.39, 0.29) is 24.4 Å². The average Bonchev–Trinajstić information content (AvgIpc) is 2.62. The van der Waals surface area contributed by atoms with Gasteiger partial charge in [0.25, 0.3) is 0 Å². The van der Waals surface area contributed by atoms with E-state index in [1.54, 1.807) is 7.11 Å². The third kappa shape index (κ3) is 6.81. The van der Waals surface area contributed by atoms with Gasteiger partial charge in [-0.1, -0.05) is 39.0 Å². The Labute approximate surface area is 164 Å². The van der Waals surface area contributed by atoms with Crippen LogP contribution < -0.4 is 15.4 Å². The van der Waals surface area contributed by atoms with E-state index in [1.807, 2.05) is 18.2 Å². The summed E-state index contributed by atoms with van der Waals surface area (Å²) in [6, 6.07) is 8.18. The molecule has 2 N–H and O–H groups in total. The fourth-order valence-corrected chi connectivity index (χ4v) is 3.65. The lowest BCUT2D eigenvalue weighted by Gasteiger charge is -2.29. The molecule has 0 bridgehead atoms. The first-order valence-corrected chi connectivity index (χ1v) is 9.63. The quantitative estimate of drug-likeness (QED) is 0.718. The van der Waals surface area contributed by atoms with Crippen molar-refractivity contribution in [2.45, 2.75) is 52.5 Å². The van der Waals surface area contributed by atoms with E-state index in [9.17, 15) is 4.79 Å². The number of carbonyl (C=O) groups is 1. The molecule has 1 aliphatic heterocycles. The summed E-state index contributed by atoms with van der Waals surface area (Å²) >= 11 is 0. The van der Waals surface area contributed by atoms with Crippen LogP contribution in [0.2, 0.25) is 0 Å². The summed E-state index contributed by atoms with van der Waals surface area (Å²) in [6.45, 7) is 8.69. The van der Waals surface area contributed by atoms with Crippen molar-refractivity contribution in [1.29, 1.82) is 0 Å². The van der Waals surface area contributed by atoms with E-state index < -0.39 is 0 Å². The number of para-hydroxylation sites is 1. The van der Waals surface area contributed by atoms with E-state index in [0.29, 0.717) is 24.2 Å². The molecule has 1 aromatic carbocycles. The van der Waals surface area contributed by atoms with Crippen molar-refractivity contribution in [3.63, 3.8) is 0 Å². The Hall–Kier alpha value is -1.26. The van der Waals surface area contributed by atoms with Gasteiger partial charge in [-0.25, -0.2) is 0 Å². The van der Waals surface area contributed by atoms with Crippen LogP contribution in [0.3, 0.4) is 0 Å². The van der Waals surface area contributed by atoms with Gasteiger partial charge in [0, 0.05) is 12.5 Å². The number of rotatable bonds is 8. The van der Waals surface area contributed by atoms with E-state index in [4.69, 9.17) is 4.74 Å². The highest BCUT2D eigenvalue weighted by molar-refractivity contribution is 5.85. The normalized spacial score (nSPS) is 19.3. The van der Waals surface area contributed by atoms with Gasteiger partial charge >= 0.3 is 0 Å². The monoisotopic (exact) mass is 382 g/mol. The molecule has 0 aromatic heterocycles. The summed E-state index contributed by atoms with van der Waals surface area (Å²) in [4.78, 5) is 12.6. The van der Waals surface area contributed by atoms with Crippen molar-refractivity contribution in [1.82, 2.24) is 10.6 Å². The van der Waals surface area contributed by atoms with E-state index in [2.05, 4.69) is 37.5 Å². The number of benzene rings is 1. The lowest BCUT2D eigenvalue weighted by atomic mass is 9.85. The third-order valence-corrected chi connectivity index (χ3v) is 5.43. The predicted molar refractivity (Wildman–Crippen MR) is 110 cm³/mol. The van der Waals surface area contributed by atoms with E-state index >= 15 is 0 Å². The standard InChI is InChI=1S/C21H34N2O2.ClH/c1-15(2)19(13-17-8-5-6-10-20(17)25-4)23-21(24)12-16(3)18-9-7-11-22-14-18;/h5-6,8,10,15-16,18-19,22H,7,9,11-14H2,1-4H3,(H,23,24);1H. The van der Waals surface area contributed by atoms with Gasteiger partial charge in [-0.3, -0.25) is 4.79 Å². The fourth-order valence-electron chi connectivity index (χ4n) is 3.65. The second kappa shape index (κ2) is 11.5. The van der Waals surface area contributed by atoms with Crippen LogP contribution in [0.5, 0.6) is 5.75 Å². The third-order valence-electron chi connectivity index (χ3n) is 5.43. The molecule has 3 atom stereocenters. The highest BCUT2D eigenvalue weighted by Crippen LogP contribution is 2.24. The SMILES string of the molecule is COc1ccccc1CC(NC(=O)CC(C)C1CCCNC1)C(C)C.Cl. The van der Waals surface area contributed by atoms with Crippen molar-refractivity contribution in [2.75, 3.05) is 20.2 Å². The largest absolute Gasteiger partial charge is 0.496 e. The number of ether oxygens (including phenoxy) is 1. The zero-order valence-electron chi connectivity index (χ0n) is 16.6. The lowest BCUT2D eigenvalue weighted by Crippen LogP contribution is -2.42. The van der Waals surface area contributed by atoms with Crippen molar-refractivity contribution >= 4 is 18.3 Å². The van der Waals surface area contributed by atoms with Gasteiger partial charge in [0.1, 0.15) is 5.75 Å². The molecule has 1 aromatic rings. The molecule has 2 rings (SSSR count). The molecule has 0 saturated carbocycles. The topological polar surface area (TPSA) is 50.4 Å². The minimum absolute atomic E-state index is 0. The Kier molecular flexibility index (Phi) is 10.0. The molecule has 0 aliphatic carbocycles. The number of carbonyl (C=O) groups excluding carboxylic acids is 1. The van der Waals surface area contributed by atoms with Crippen molar-refractivity contribution in [3.05, 3.63) is 29.8 Å². The lowest BCUT2D eigenvalue weighted by molar-refractivity contribution is -0.123. The number of piperidine rings is 1. The van der Waals surface area contributed by atoms with Crippen LogP contribution in [0.15, 0.2) is 24.3 Å². The first kappa shape index (κ1) is 22.8. The second-order valence-corrected chi connectivity index (χ2v) is 7.72. The first-order valence-electron chi connectivity index (χ1n) is 9.63. The molecule has 4 nitrogen and oxygen atoms in total. The van der Waals surface area contributed by atoms with Crippen molar-refractivity contribution in [3.8, 4) is 5.75 Å². The molecule has 3 unspecified atom stereocenters. The minimum Gasteiger partial charge on any atom is -0.496 e. The van der Waals surface area contributed by atoms with Crippen LogP contribution in [-0.4, -0.2) is 32.1 Å². The Morgan fingerprint density at radius 2 is 2.04 bits per heavy atom. The summed E-state index contributed by atoms with van der Waals surface area (Å²) in [5.74, 6) is 2.48. The van der Waals surface area contributed by atoms with Crippen LogP contribution in [0.25, 0.3) is 0 Å². The highest BCUT2D eigenvalue weighted by atomic mass is 35.5. The van der Waals surface area contributed by atoms with Crippen molar-refractivity contribution in [2.24, 2.45) is 17.8 Å². The summed E-state index contributed by atoms with van der Waals surface area (Å²) in [5, 5.41) is 6.72. The zero-order valence-corrected chi connectivity index (χ0v) is 17.4. The maximum absolute atomic E-state index is 12.6. The summed E-state index contributed by atoms with van der Waals surface area (Å²) in [5.41, 5.74) is 1.15. The number of halogens is 1.